The number of anilines is 3. The van der Waals surface area contributed by atoms with Gasteiger partial charge in [0.25, 0.3) is 0 Å². The lowest BCUT2D eigenvalue weighted by atomic mass is 9.98. The molecule has 2 rings (SSSR count). The molecular weight excluding hydrogens is 280 g/mol. The molecule has 2 nitrogen and oxygen atoms in total. The van der Waals surface area contributed by atoms with E-state index in [1.165, 1.54) is 31.4 Å². The molecule has 2 atom stereocenters. The third-order valence-corrected chi connectivity index (χ3v) is 4.52. The van der Waals surface area contributed by atoms with Crippen molar-refractivity contribution < 1.29 is 0 Å². The molecule has 0 radical (unpaired) electrons. The summed E-state index contributed by atoms with van der Waals surface area (Å²) in [5.41, 5.74) is 3.45. The van der Waals surface area contributed by atoms with Crippen molar-refractivity contribution in [2.24, 2.45) is 5.92 Å². The minimum atomic E-state index is 0.567. The molecule has 0 saturated heterocycles. The normalized spacial score (nSPS) is 13.3. The molecule has 0 saturated carbocycles. The van der Waals surface area contributed by atoms with Crippen LogP contribution in [-0.2, 0) is 0 Å². The second-order valence-electron chi connectivity index (χ2n) is 6.41. The number of rotatable bonds is 9. The Balaban J connectivity index is 1.88. The zero-order valence-electron chi connectivity index (χ0n) is 14.7. The molecule has 2 N–H and O–H groups in total. The molecule has 0 heterocycles. The Morgan fingerprint density at radius 3 is 1.96 bits per heavy atom. The molecule has 0 spiro atoms. The van der Waals surface area contributed by atoms with Crippen LogP contribution in [0.15, 0.2) is 54.6 Å². The quantitative estimate of drug-likeness (QED) is 0.556. The predicted molar refractivity (Wildman–Crippen MR) is 103 cm³/mol. The fourth-order valence-electron chi connectivity index (χ4n) is 2.64. The summed E-state index contributed by atoms with van der Waals surface area (Å²) >= 11 is 0. The summed E-state index contributed by atoms with van der Waals surface area (Å²) in [5.74, 6) is 0.822. The van der Waals surface area contributed by atoms with Gasteiger partial charge in [-0.1, -0.05) is 45.4 Å². The van der Waals surface area contributed by atoms with Gasteiger partial charge in [-0.2, -0.15) is 0 Å². The van der Waals surface area contributed by atoms with Gasteiger partial charge in [-0.15, -0.1) is 0 Å². The zero-order chi connectivity index (χ0) is 16.5. The van der Waals surface area contributed by atoms with Crippen LogP contribution in [0.5, 0.6) is 0 Å². The fourth-order valence-corrected chi connectivity index (χ4v) is 2.64. The highest BCUT2D eigenvalue weighted by molar-refractivity contribution is 5.62. The summed E-state index contributed by atoms with van der Waals surface area (Å²) in [6.45, 7) is 6.88. The average Bonchev–Trinajstić information content (AvgIpc) is 2.60. The smallest absolute Gasteiger partial charge is 0.0385 e. The number of nitrogens with one attached hydrogen (secondary N) is 2. The second-order valence-corrected chi connectivity index (χ2v) is 6.41. The van der Waals surface area contributed by atoms with E-state index in [1.54, 1.807) is 0 Å². The van der Waals surface area contributed by atoms with Crippen LogP contribution in [0.25, 0.3) is 0 Å². The molecule has 0 aliphatic heterocycles. The predicted octanol–water partition coefficient (Wildman–Crippen LogP) is 6.45. The van der Waals surface area contributed by atoms with Crippen molar-refractivity contribution in [2.45, 2.75) is 52.5 Å². The zero-order valence-corrected chi connectivity index (χ0v) is 14.7. The van der Waals surface area contributed by atoms with E-state index in [-0.39, 0.29) is 0 Å². The molecule has 2 heteroatoms. The van der Waals surface area contributed by atoms with Gasteiger partial charge < -0.3 is 10.6 Å². The summed E-state index contributed by atoms with van der Waals surface area (Å²) in [6.07, 6.45) is 4.99. The first kappa shape index (κ1) is 17.4. The first-order valence-corrected chi connectivity index (χ1v) is 8.90. The van der Waals surface area contributed by atoms with Gasteiger partial charge in [0.2, 0.25) is 0 Å². The third-order valence-electron chi connectivity index (χ3n) is 4.52. The SMILES string of the molecule is CCC(C)CCC(CC)Nc1ccc(Nc2ccccc2)cc1. The minimum absolute atomic E-state index is 0.567. The van der Waals surface area contributed by atoms with Crippen molar-refractivity contribution >= 4 is 17.1 Å². The maximum atomic E-state index is 3.67. The van der Waals surface area contributed by atoms with Crippen molar-refractivity contribution in [2.75, 3.05) is 10.6 Å². The Morgan fingerprint density at radius 1 is 0.739 bits per heavy atom. The molecule has 0 aromatic heterocycles. The molecule has 0 aliphatic rings. The van der Waals surface area contributed by atoms with Crippen LogP contribution < -0.4 is 10.6 Å². The Hall–Kier alpha value is -1.96. The van der Waals surface area contributed by atoms with E-state index in [9.17, 15) is 0 Å². The lowest BCUT2D eigenvalue weighted by Crippen LogP contribution is -2.19. The minimum Gasteiger partial charge on any atom is -0.382 e. The van der Waals surface area contributed by atoms with Crippen molar-refractivity contribution in [3.8, 4) is 0 Å². The van der Waals surface area contributed by atoms with Gasteiger partial charge in [-0.3, -0.25) is 0 Å². The van der Waals surface area contributed by atoms with E-state index in [0.29, 0.717) is 6.04 Å². The standard InChI is InChI=1S/C21H30N2/c1-4-17(3)11-12-18(5-2)22-20-13-15-21(16-14-20)23-19-9-7-6-8-10-19/h6-10,13-18,22-23H,4-5,11-12H2,1-3H3. The third kappa shape index (κ3) is 5.97. The van der Waals surface area contributed by atoms with Crippen molar-refractivity contribution in [1.82, 2.24) is 0 Å². The van der Waals surface area contributed by atoms with Crippen LogP contribution in [0, 0.1) is 5.92 Å². The summed E-state index contributed by atoms with van der Waals surface area (Å²) in [4.78, 5) is 0. The van der Waals surface area contributed by atoms with Gasteiger partial charge in [0.05, 0.1) is 0 Å². The molecular formula is C21H30N2. The van der Waals surface area contributed by atoms with E-state index in [4.69, 9.17) is 0 Å². The molecule has 124 valence electrons. The summed E-state index contributed by atoms with van der Waals surface area (Å²) in [7, 11) is 0. The van der Waals surface area contributed by atoms with E-state index in [1.807, 2.05) is 18.2 Å². The summed E-state index contributed by atoms with van der Waals surface area (Å²) in [5, 5.41) is 7.09. The fraction of sp³-hybridized carbons (Fsp3) is 0.429. The van der Waals surface area contributed by atoms with Gasteiger partial charge in [-0.25, -0.2) is 0 Å². The van der Waals surface area contributed by atoms with E-state index in [0.717, 1.165) is 17.3 Å². The lowest BCUT2D eigenvalue weighted by Gasteiger charge is -2.20. The van der Waals surface area contributed by atoms with Gasteiger partial charge in [-0.05, 0) is 61.6 Å². The van der Waals surface area contributed by atoms with Crippen LogP contribution in [0.1, 0.15) is 46.5 Å². The topological polar surface area (TPSA) is 24.1 Å². The summed E-state index contributed by atoms with van der Waals surface area (Å²) < 4.78 is 0. The molecule has 0 amide bonds. The van der Waals surface area contributed by atoms with E-state index in [2.05, 4.69) is 67.8 Å². The van der Waals surface area contributed by atoms with Gasteiger partial charge in [0.1, 0.15) is 0 Å². The van der Waals surface area contributed by atoms with Crippen molar-refractivity contribution in [1.29, 1.82) is 0 Å². The first-order chi connectivity index (χ1) is 11.2. The van der Waals surface area contributed by atoms with Crippen LogP contribution in [0.4, 0.5) is 17.1 Å². The highest BCUT2D eigenvalue weighted by Gasteiger charge is 2.08. The monoisotopic (exact) mass is 310 g/mol. The number of para-hydroxylation sites is 1. The van der Waals surface area contributed by atoms with E-state index < -0.39 is 0 Å². The molecule has 23 heavy (non-hydrogen) atoms. The summed E-state index contributed by atoms with van der Waals surface area (Å²) in [6, 6.07) is 19.4. The maximum absolute atomic E-state index is 3.67. The van der Waals surface area contributed by atoms with Crippen molar-refractivity contribution in [3.05, 3.63) is 54.6 Å². The molecule has 2 unspecified atom stereocenters. The van der Waals surface area contributed by atoms with Crippen LogP contribution >= 0.6 is 0 Å². The van der Waals surface area contributed by atoms with Gasteiger partial charge in [0.15, 0.2) is 0 Å². The molecule has 0 aliphatic carbocycles. The average molecular weight is 310 g/mol. The Labute approximate surface area is 141 Å². The van der Waals surface area contributed by atoms with Gasteiger partial charge >= 0.3 is 0 Å². The lowest BCUT2D eigenvalue weighted by molar-refractivity contribution is 0.464. The maximum Gasteiger partial charge on any atom is 0.0385 e. The molecule has 2 aromatic carbocycles. The number of hydrogen-bond donors (Lipinski definition) is 2. The highest BCUT2D eigenvalue weighted by Crippen LogP contribution is 2.21. The highest BCUT2D eigenvalue weighted by atomic mass is 14.9. The van der Waals surface area contributed by atoms with E-state index >= 15 is 0 Å². The van der Waals surface area contributed by atoms with Crippen LogP contribution in [-0.4, -0.2) is 6.04 Å². The second kappa shape index (κ2) is 9.24. The number of hydrogen-bond acceptors (Lipinski definition) is 2. The largest absolute Gasteiger partial charge is 0.382 e. The Morgan fingerprint density at radius 2 is 1.35 bits per heavy atom. The molecule has 0 fully saturated rings. The molecule has 2 aromatic rings. The number of benzene rings is 2. The van der Waals surface area contributed by atoms with Crippen LogP contribution in [0.3, 0.4) is 0 Å². The Kier molecular flexibility index (Phi) is 6.99. The van der Waals surface area contributed by atoms with Crippen molar-refractivity contribution in [3.63, 3.8) is 0 Å². The molecule has 0 bridgehead atoms. The van der Waals surface area contributed by atoms with Crippen LogP contribution in [0.2, 0.25) is 0 Å². The Bertz CT molecular complexity index is 548. The first-order valence-electron chi connectivity index (χ1n) is 8.90. The van der Waals surface area contributed by atoms with Gasteiger partial charge in [0, 0.05) is 23.1 Å².